The van der Waals surface area contributed by atoms with Crippen molar-refractivity contribution in [2.24, 2.45) is 0 Å². The van der Waals surface area contributed by atoms with Crippen LogP contribution in [0.25, 0.3) is 33.7 Å². The predicted octanol–water partition coefficient (Wildman–Crippen LogP) is 3.33. The summed E-state index contributed by atoms with van der Waals surface area (Å²) in [5.41, 5.74) is 5.96. The fraction of sp³-hybridized carbons (Fsp3) is 0.0500. The molecule has 0 aliphatic rings. The Balaban J connectivity index is 1.46. The van der Waals surface area contributed by atoms with Crippen molar-refractivity contribution in [1.29, 1.82) is 0 Å². The molecule has 3 aromatic heterocycles. The minimum atomic E-state index is 0.557. The van der Waals surface area contributed by atoms with Crippen LogP contribution in [0, 0.1) is 0 Å². The number of nitrogens with one attached hydrogen (secondary N) is 1. The van der Waals surface area contributed by atoms with Crippen LogP contribution in [0.4, 0.5) is 0 Å². The lowest BCUT2D eigenvalue weighted by atomic mass is 10.0. The third kappa shape index (κ3) is 2.85. The number of fused-ring (bicyclic) bond motifs is 1. The van der Waals surface area contributed by atoms with Gasteiger partial charge in [0.05, 0.1) is 29.6 Å². The van der Waals surface area contributed by atoms with Gasteiger partial charge in [0.15, 0.2) is 0 Å². The number of rotatable bonds is 4. The third-order valence-corrected chi connectivity index (χ3v) is 4.49. The van der Waals surface area contributed by atoms with Crippen molar-refractivity contribution in [3.05, 3.63) is 78.8 Å². The zero-order valence-corrected chi connectivity index (χ0v) is 14.3. The molecule has 5 rings (SSSR count). The first-order chi connectivity index (χ1) is 13.4. The third-order valence-electron chi connectivity index (χ3n) is 4.49. The van der Waals surface area contributed by atoms with Crippen LogP contribution in [0.2, 0.25) is 0 Å². The second-order valence-electron chi connectivity index (χ2n) is 6.19. The number of hydrogen-bond donors (Lipinski definition) is 1. The monoisotopic (exact) mass is 353 g/mol. The second-order valence-corrected chi connectivity index (χ2v) is 6.19. The molecule has 3 heterocycles. The summed E-state index contributed by atoms with van der Waals surface area (Å²) < 4.78 is 2.12. The summed E-state index contributed by atoms with van der Waals surface area (Å²) in [5.74, 6) is 0.557. The zero-order chi connectivity index (χ0) is 18.1. The molecule has 0 aliphatic carbocycles. The smallest absolute Gasteiger partial charge is 0.205 e. The highest BCUT2D eigenvalue weighted by Gasteiger charge is 2.11. The van der Waals surface area contributed by atoms with Gasteiger partial charge in [-0.2, -0.15) is 5.21 Å². The molecule has 0 radical (unpaired) electrons. The molecule has 2 aromatic carbocycles. The van der Waals surface area contributed by atoms with E-state index in [2.05, 4.69) is 47.3 Å². The highest BCUT2D eigenvalue weighted by atomic mass is 15.5. The van der Waals surface area contributed by atoms with Crippen molar-refractivity contribution in [2.75, 3.05) is 0 Å². The molecule has 5 aromatic rings. The summed E-state index contributed by atoms with van der Waals surface area (Å²) in [6.45, 7) is 0.723. The molecule has 0 unspecified atom stereocenters. The van der Waals surface area contributed by atoms with E-state index in [0.717, 1.165) is 40.0 Å². The van der Waals surface area contributed by atoms with Crippen LogP contribution in [-0.2, 0) is 6.54 Å². The fourth-order valence-corrected chi connectivity index (χ4v) is 3.19. The van der Waals surface area contributed by atoms with Crippen LogP contribution >= 0.6 is 0 Å². The lowest BCUT2D eigenvalue weighted by molar-refractivity contribution is 0.820. The Morgan fingerprint density at radius 3 is 2.52 bits per heavy atom. The highest BCUT2D eigenvalue weighted by molar-refractivity contribution is 5.78. The number of imidazole rings is 1. The highest BCUT2D eigenvalue weighted by Crippen LogP contribution is 2.28. The lowest BCUT2D eigenvalue weighted by Gasteiger charge is -2.08. The van der Waals surface area contributed by atoms with Crippen molar-refractivity contribution < 1.29 is 0 Å². The van der Waals surface area contributed by atoms with Crippen molar-refractivity contribution in [1.82, 2.24) is 35.2 Å². The second kappa shape index (κ2) is 6.45. The van der Waals surface area contributed by atoms with E-state index in [1.165, 1.54) is 0 Å². The predicted molar refractivity (Wildman–Crippen MR) is 102 cm³/mol. The van der Waals surface area contributed by atoms with Gasteiger partial charge in [-0.1, -0.05) is 42.5 Å². The minimum Gasteiger partial charge on any atom is -0.326 e. The summed E-state index contributed by atoms with van der Waals surface area (Å²) in [5, 5.41) is 14.3. The molecule has 0 spiro atoms. The quantitative estimate of drug-likeness (QED) is 0.536. The molecule has 0 saturated heterocycles. The first-order valence-electron chi connectivity index (χ1n) is 8.56. The summed E-state index contributed by atoms with van der Waals surface area (Å²) >= 11 is 0. The maximum Gasteiger partial charge on any atom is 0.205 e. The molecule has 0 amide bonds. The molecular formula is C20H15N7. The first kappa shape index (κ1) is 15.4. The first-order valence-corrected chi connectivity index (χ1v) is 8.56. The number of aromatic amines is 1. The molecule has 0 atom stereocenters. The number of pyridine rings is 1. The van der Waals surface area contributed by atoms with Crippen LogP contribution in [0.3, 0.4) is 0 Å². The zero-order valence-electron chi connectivity index (χ0n) is 14.3. The van der Waals surface area contributed by atoms with E-state index < -0.39 is 0 Å². The molecular weight excluding hydrogens is 338 g/mol. The standard InChI is InChI=1S/C20H15N7/c1-2-6-16(20-23-25-26-24-20)15(5-1)17-10-9-14(11-21-17)12-27-13-22-18-7-3-4-8-19(18)27/h1-11,13H,12H2,(H,23,24,25,26). The Morgan fingerprint density at radius 1 is 0.852 bits per heavy atom. The number of para-hydroxylation sites is 2. The fourth-order valence-electron chi connectivity index (χ4n) is 3.19. The van der Waals surface area contributed by atoms with Crippen molar-refractivity contribution in [3.63, 3.8) is 0 Å². The van der Waals surface area contributed by atoms with Crippen molar-refractivity contribution in [3.8, 4) is 22.6 Å². The number of hydrogen-bond acceptors (Lipinski definition) is 5. The van der Waals surface area contributed by atoms with Gasteiger partial charge in [-0.25, -0.2) is 4.98 Å². The van der Waals surface area contributed by atoms with Crippen LogP contribution in [0.1, 0.15) is 5.56 Å². The summed E-state index contributed by atoms with van der Waals surface area (Å²) in [4.78, 5) is 9.10. The summed E-state index contributed by atoms with van der Waals surface area (Å²) in [6, 6.07) is 20.1. The number of nitrogens with zero attached hydrogens (tertiary/aromatic N) is 6. The Labute approximate surface area is 154 Å². The van der Waals surface area contributed by atoms with Gasteiger partial charge in [0, 0.05) is 17.3 Å². The van der Waals surface area contributed by atoms with E-state index in [1.807, 2.05) is 61.1 Å². The average molecular weight is 353 g/mol. The minimum absolute atomic E-state index is 0.557. The van der Waals surface area contributed by atoms with E-state index in [1.54, 1.807) is 0 Å². The van der Waals surface area contributed by atoms with Crippen molar-refractivity contribution >= 4 is 11.0 Å². The van der Waals surface area contributed by atoms with E-state index >= 15 is 0 Å². The Morgan fingerprint density at radius 2 is 1.70 bits per heavy atom. The van der Waals surface area contributed by atoms with Crippen LogP contribution in [0.5, 0.6) is 0 Å². The maximum atomic E-state index is 4.66. The topological polar surface area (TPSA) is 85.2 Å². The van der Waals surface area contributed by atoms with Crippen LogP contribution in [0.15, 0.2) is 73.2 Å². The van der Waals surface area contributed by atoms with Crippen LogP contribution in [-0.4, -0.2) is 35.2 Å². The van der Waals surface area contributed by atoms with E-state index in [4.69, 9.17) is 0 Å². The van der Waals surface area contributed by atoms with Gasteiger partial charge >= 0.3 is 0 Å². The Hall–Kier alpha value is -3.87. The van der Waals surface area contributed by atoms with Gasteiger partial charge < -0.3 is 4.57 Å². The maximum absolute atomic E-state index is 4.66. The molecule has 0 fully saturated rings. The molecule has 0 saturated carbocycles. The van der Waals surface area contributed by atoms with E-state index in [-0.39, 0.29) is 0 Å². The van der Waals surface area contributed by atoms with Gasteiger partial charge in [0.25, 0.3) is 0 Å². The molecule has 1 N–H and O–H groups in total. The van der Waals surface area contributed by atoms with Gasteiger partial charge in [0.2, 0.25) is 5.82 Å². The van der Waals surface area contributed by atoms with Crippen molar-refractivity contribution in [2.45, 2.75) is 6.54 Å². The number of benzene rings is 2. The summed E-state index contributed by atoms with van der Waals surface area (Å²) in [6.07, 6.45) is 3.77. The summed E-state index contributed by atoms with van der Waals surface area (Å²) in [7, 11) is 0. The number of tetrazole rings is 1. The molecule has 130 valence electrons. The SMILES string of the molecule is c1ccc(-c2nn[nH]n2)c(-c2ccc(Cn3cnc4ccccc43)cn2)c1. The normalized spacial score (nSPS) is 11.1. The Kier molecular flexibility index (Phi) is 3.68. The average Bonchev–Trinajstić information content (AvgIpc) is 3.39. The lowest BCUT2D eigenvalue weighted by Crippen LogP contribution is -1.99. The molecule has 7 nitrogen and oxygen atoms in total. The van der Waals surface area contributed by atoms with Gasteiger partial charge in [0.1, 0.15) is 0 Å². The van der Waals surface area contributed by atoms with Crippen LogP contribution < -0.4 is 0 Å². The largest absolute Gasteiger partial charge is 0.326 e. The molecule has 0 aliphatic heterocycles. The van der Waals surface area contributed by atoms with Gasteiger partial charge in [-0.15, -0.1) is 10.2 Å². The van der Waals surface area contributed by atoms with E-state index in [0.29, 0.717) is 5.82 Å². The van der Waals surface area contributed by atoms with E-state index in [9.17, 15) is 0 Å². The molecule has 0 bridgehead atoms. The number of aromatic nitrogens is 7. The number of H-pyrrole nitrogens is 1. The molecule has 27 heavy (non-hydrogen) atoms. The Bertz CT molecular complexity index is 1190. The van der Waals surface area contributed by atoms with Gasteiger partial charge in [-0.3, -0.25) is 4.98 Å². The molecule has 7 heteroatoms. The van der Waals surface area contributed by atoms with Gasteiger partial charge in [-0.05, 0) is 29.0 Å².